The van der Waals surface area contributed by atoms with Crippen LogP contribution in [-0.4, -0.2) is 36.7 Å². The van der Waals surface area contributed by atoms with Crippen LogP contribution in [0.25, 0.3) is 0 Å². The molecule has 3 N–H and O–H groups in total. The number of aliphatic hydroxyl groups excluding tert-OH is 1. The first-order valence-corrected chi connectivity index (χ1v) is 8.58. The van der Waals surface area contributed by atoms with Crippen LogP contribution < -0.4 is 20.1 Å². The second-order valence-corrected chi connectivity index (χ2v) is 6.13. The van der Waals surface area contributed by atoms with E-state index in [0.29, 0.717) is 30.3 Å². The molecule has 1 aliphatic rings. The van der Waals surface area contributed by atoms with Crippen molar-refractivity contribution in [1.29, 1.82) is 0 Å². The zero-order valence-corrected chi connectivity index (χ0v) is 15.0. The number of alkyl halides is 3. The average molecular weight is 410 g/mol. The molecule has 0 spiro atoms. The number of rotatable bonds is 4. The molecule has 2 amide bonds. The monoisotopic (exact) mass is 410 g/mol. The first-order valence-electron chi connectivity index (χ1n) is 8.58. The second-order valence-electron chi connectivity index (χ2n) is 6.13. The highest BCUT2D eigenvalue weighted by Crippen LogP contribution is 2.34. The average Bonchev–Trinajstić information content (AvgIpc) is 2.70. The van der Waals surface area contributed by atoms with Crippen LogP contribution in [0.3, 0.4) is 0 Å². The lowest BCUT2D eigenvalue weighted by molar-refractivity contribution is -0.138. The fourth-order valence-electron chi connectivity index (χ4n) is 2.67. The Hall–Kier alpha value is -3.27. The zero-order valence-electron chi connectivity index (χ0n) is 15.0. The van der Waals surface area contributed by atoms with E-state index in [1.807, 2.05) is 5.32 Å². The number of nitrogens with one attached hydrogen (secondary N) is 2. The summed E-state index contributed by atoms with van der Waals surface area (Å²) >= 11 is 0. The highest BCUT2D eigenvalue weighted by Gasteiger charge is 2.34. The lowest BCUT2D eigenvalue weighted by atomic mass is 10.1. The van der Waals surface area contributed by atoms with Crippen molar-refractivity contribution >= 4 is 17.5 Å². The van der Waals surface area contributed by atoms with Gasteiger partial charge in [-0.15, -0.1) is 0 Å². The van der Waals surface area contributed by atoms with Crippen LogP contribution >= 0.6 is 0 Å². The Morgan fingerprint density at radius 1 is 1.03 bits per heavy atom. The fraction of sp³-hybridized carbons (Fsp3) is 0.263. The summed E-state index contributed by atoms with van der Waals surface area (Å²) in [5.74, 6) is -1.49. The van der Waals surface area contributed by atoms with E-state index in [-0.39, 0.29) is 6.54 Å². The number of halogens is 3. The molecular weight excluding hydrogens is 393 g/mol. The van der Waals surface area contributed by atoms with Crippen molar-refractivity contribution in [2.24, 2.45) is 0 Å². The van der Waals surface area contributed by atoms with Crippen molar-refractivity contribution in [2.75, 3.05) is 25.1 Å². The first kappa shape index (κ1) is 20.5. The summed E-state index contributed by atoms with van der Waals surface area (Å²) in [7, 11) is 0. The molecule has 2 aromatic carbocycles. The van der Waals surface area contributed by atoms with Crippen LogP contribution in [0.2, 0.25) is 0 Å². The smallest absolute Gasteiger partial charge is 0.418 e. The molecule has 10 heteroatoms. The molecule has 0 aliphatic carbocycles. The number of hydrogen-bond donors (Lipinski definition) is 3. The van der Waals surface area contributed by atoms with E-state index in [2.05, 4.69) is 5.32 Å². The molecule has 0 saturated heterocycles. The summed E-state index contributed by atoms with van der Waals surface area (Å²) in [5, 5.41) is 14.3. The van der Waals surface area contributed by atoms with Gasteiger partial charge in [0, 0.05) is 6.54 Å². The van der Waals surface area contributed by atoms with Gasteiger partial charge in [-0.2, -0.15) is 13.2 Å². The molecule has 1 unspecified atom stereocenters. The van der Waals surface area contributed by atoms with Gasteiger partial charge < -0.3 is 25.2 Å². The first-order chi connectivity index (χ1) is 13.8. The Labute approximate surface area is 163 Å². The third-order valence-electron chi connectivity index (χ3n) is 4.09. The third-order valence-corrected chi connectivity index (χ3v) is 4.09. The standard InChI is InChI=1S/C19H17F3N2O5/c20-19(21,22)12-3-1-2-4-13(12)24-18(27)17(26)23-10-14(25)11-5-6-15-16(9-11)29-8-7-28-15/h1-6,9,14,25H,7-8,10H2,(H,23,26)(H,24,27). The molecule has 2 aromatic rings. The van der Waals surface area contributed by atoms with Crippen LogP contribution in [0.5, 0.6) is 11.5 Å². The molecule has 0 radical (unpaired) electrons. The van der Waals surface area contributed by atoms with Gasteiger partial charge in [-0.1, -0.05) is 18.2 Å². The minimum absolute atomic E-state index is 0.327. The predicted molar refractivity (Wildman–Crippen MR) is 95.5 cm³/mol. The number of hydrogen-bond acceptors (Lipinski definition) is 5. The lowest BCUT2D eigenvalue weighted by Gasteiger charge is -2.20. The van der Waals surface area contributed by atoms with Crippen LogP contribution in [-0.2, 0) is 15.8 Å². The maximum atomic E-state index is 13.0. The maximum absolute atomic E-state index is 13.0. The molecule has 1 atom stereocenters. The Kier molecular flexibility index (Phi) is 5.92. The molecule has 0 fully saturated rings. The summed E-state index contributed by atoms with van der Waals surface area (Å²) in [6, 6.07) is 9.03. The normalized spacial score (nSPS) is 14.1. The topological polar surface area (TPSA) is 96.9 Å². The SMILES string of the molecule is O=C(NCC(O)c1ccc2c(c1)OCCO2)C(=O)Nc1ccccc1C(F)(F)F. The number of carbonyl (C=O) groups excluding carboxylic acids is 2. The highest BCUT2D eigenvalue weighted by molar-refractivity contribution is 6.39. The summed E-state index contributed by atoms with van der Waals surface area (Å²) in [5.41, 5.74) is -1.19. The number of benzene rings is 2. The van der Waals surface area contributed by atoms with Gasteiger partial charge in [0.25, 0.3) is 0 Å². The fourth-order valence-corrected chi connectivity index (χ4v) is 2.67. The molecule has 1 heterocycles. The summed E-state index contributed by atoms with van der Waals surface area (Å²) in [6.45, 7) is 0.452. The molecule has 0 bridgehead atoms. The van der Waals surface area contributed by atoms with E-state index in [4.69, 9.17) is 9.47 Å². The number of para-hydroxylation sites is 1. The lowest BCUT2D eigenvalue weighted by Crippen LogP contribution is -2.38. The Morgan fingerprint density at radius 2 is 1.72 bits per heavy atom. The van der Waals surface area contributed by atoms with Crippen LogP contribution in [0, 0.1) is 0 Å². The minimum atomic E-state index is -4.69. The van der Waals surface area contributed by atoms with Crippen LogP contribution in [0.1, 0.15) is 17.2 Å². The largest absolute Gasteiger partial charge is 0.486 e. The van der Waals surface area contributed by atoms with E-state index in [0.717, 1.165) is 12.1 Å². The number of aliphatic hydroxyl groups is 1. The van der Waals surface area contributed by atoms with Gasteiger partial charge in [0.05, 0.1) is 17.4 Å². The van der Waals surface area contributed by atoms with Crippen molar-refractivity contribution in [3.63, 3.8) is 0 Å². The Bertz CT molecular complexity index is 917. The highest BCUT2D eigenvalue weighted by atomic mass is 19.4. The number of ether oxygens (including phenoxy) is 2. The van der Waals surface area contributed by atoms with Crippen LogP contribution in [0.4, 0.5) is 18.9 Å². The van der Waals surface area contributed by atoms with Crippen molar-refractivity contribution in [3.8, 4) is 11.5 Å². The van der Waals surface area contributed by atoms with Gasteiger partial charge in [0.15, 0.2) is 11.5 Å². The van der Waals surface area contributed by atoms with E-state index in [1.54, 1.807) is 18.2 Å². The molecule has 1 aliphatic heterocycles. The van der Waals surface area contributed by atoms with Crippen molar-refractivity contribution in [2.45, 2.75) is 12.3 Å². The Balaban J connectivity index is 1.59. The second kappa shape index (κ2) is 8.39. The molecule has 29 heavy (non-hydrogen) atoms. The molecule has 7 nitrogen and oxygen atoms in total. The van der Waals surface area contributed by atoms with Gasteiger partial charge in [0.2, 0.25) is 0 Å². The predicted octanol–water partition coefficient (Wildman–Crippen LogP) is 2.26. The van der Waals surface area contributed by atoms with Gasteiger partial charge in [-0.25, -0.2) is 0 Å². The minimum Gasteiger partial charge on any atom is -0.486 e. The summed E-state index contributed by atoms with van der Waals surface area (Å²) < 4.78 is 49.6. The summed E-state index contributed by atoms with van der Waals surface area (Å²) in [4.78, 5) is 23.8. The van der Waals surface area contributed by atoms with Crippen molar-refractivity contribution in [3.05, 3.63) is 53.6 Å². The molecule has 0 aromatic heterocycles. The van der Waals surface area contributed by atoms with E-state index >= 15 is 0 Å². The zero-order chi connectivity index (χ0) is 21.0. The number of carbonyl (C=O) groups is 2. The van der Waals surface area contributed by atoms with Crippen molar-refractivity contribution < 1.29 is 37.3 Å². The van der Waals surface area contributed by atoms with E-state index in [9.17, 15) is 27.9 Å². The molecule has 3 rings (SSSR count). The number of amides is 2. The van der Waals surface area contributed by atoms with Gasteiger partial charge in [-0.05, 0) is 29.8 Å². The third kappa shape index (κ3) is 4.96. The summed E-state index contributed by atoms with van der Waals surface area (Å²) in [6.07, 6.45) is -5.85. The van der Waals surface area contributed by atoms with Gasteiger partial charge >= 0.3 is 18.0 Å². The van der Waals surface area contributed by atoms with Gasteiger partial charge in [-0.3, -0.25) is 9.59 Å². The molecule has 0 saturated carbocycles. The maximum Gasteiger partial charge on any atom is 0.418 e. The van der Waals surface area contributed by atoms with E-state index < -0.39 is 35.3 Å². The van der Waals surface area contributed by atoms with Gasteiger partial charge in [0.1, 0.15) is 13.2 Å². The number of anilines is 1. The molecular formula is C19H17F3N2O5. The Morgan fingerprint density at radius 3 is 2.45 bits per heavy atom. The van der Waals surface area contributed by atoms with Crippen molar-refractivity contribution in [1.82, 2.24) is 5.32 Å². The van der Waals surface area contributed by atoms with Crippen LogP contribution in [0.15, 0.2) is 42.5 Å². The number of fused-ring (bicyclic) bond motifs is 1. The van der Waals surface area contributed by atoms with E-state index in [1.165, 1.54) is 12.1 Å². The molecule has 154 valence electrons. The quantitative estimate of drug-likeness (QED) is 0.672.